The van der Waals surface area contributed by atoms with Gasteiger partial charge in [-0.1, -0.05) is 25.0 Å². The molecular weight excluding hydrogens is 236 g/mol. The zero-order valence-electron chi connectivity index (χ0n) is 11.8. The molecule has 2 fully saturated rings. The molecule has 0 N–H and O–H groups in total. The molecule has 2 unspecified atom stereocenters. The molecule has 0 heterocycles. The molecule has 0 aromatic heterocycles. The Morgan fingerprint density at radius 2 is 1.79 bits per heavy atom. The predicted molar refractivity (Wildman–Crippen MR) is 75.5 cm³/mol. The predicted octanol–water partition coefficient (Wildman–Crippen LogP) is 4.09. The summed E-state index contributed by atoms with van der Waals surface area (Å²) in [4.78, 5) is 12.7. The third kappa shape index (κ3) is 2.41. The second kappa shape index (κ2) is 4.99. The molecule has 2 nitrogen and oxygen atoms in total. The van der Waals surface area contributed by atoms with Gasteiger partial charge in [0.2, 0.25) is 0 Å². The van der Waals surface area contributed by atoms with Crippen LogP contribution >= 0.6 is 0 Å². The van der Waals surface area contributed by atoms with Gasteiger partial charge in [-0.2, -0.15) is 0 Å². The van der Waals surface area contributed by atoms with Gasteiger partial charge in [-0.05, 0) is 50.7 Å². The summed E-state index contributed by atoms with van der Waals surface area (Å²) in [5.74, 6) is 2.67. The number of fused-ring (bicyclic) bond motifs is 1. The number of hydrogen-bond donors (Lipinski definition) is 0. The molecule has 1 aromatic rings. The van der Waals surface area contributed by atoms with Gasteiger partial charge in [0.1, 0.15) is 5.75 Å². The summed E-state index contributed by atoms with van der Waals surface area (Å²) >= 11 is 0. The van der Waals surface area contributed by atoms with Gasteiger partial charge in [0.15, 0.2) is 5.78 Å². The topological polar surface area (TPSA) is 26.3 Å². The molecule has 3 rings (SSSR count). The van der Waals surface area contributed by atoms with E-state index >= 15 is 0 Å². The van der Waals surface area contributed by atoms with Gasteiger partial charge in [-0.15, -0.1) is 0 Å². The number of ether oxygens (including phenoxy) is 1. The van der Waals surface area contributed by atoms with Gasteiger partial charge in [-0.3, -0.25) is 4.79 Å². The van der Waals surface area contributed by atoms with E-state index in [1.807, 2.05) is 38.1 Å². The van der Waals surface area contributed by atoms with E-state index in [0.29, 0.717) is 17.6 Å². The molecule has 19 heavy (non-hydrogen) atoms. The van der Waals surface area contributed by atoms with E-state index in [1.54, 1.807) is 0 Å². The number of para-hydroxylation sites is 1. The SMILES string of the molecule is CC(C)Oc1ccccc1C(=O)C1C2CCCCC21. The number of Topliss-reactive ketones (excluding diaryl/α,β-unsaturated/α-hetero) is 1. The standard InChI is InChI=1S/C17H22O2/c1-11(2)19-15-10-6-5-9-14(15)17(18)16-12-7-3-4-8-13(12)16/h5-6,9-13,16H,3-4,7-8H2,1-2H3. The number of benzene rings is 1. The summed E-state index contributed by atoms with van der Waals surface area (Å²) in [6.45, 7) is 4.00. The third-order valence-electron chi connectivity index (χ3n) is 4.47. The maximum Gasteiger partial charge on any atom is 0.170 e. The third-order valence-corrected chi connectivity index (χ3v) is 4.47. The Bertz CT molecular complexity index is 466. The van der Waals surface area contributed by atoms with E-state index in [-0.39, 0.29) is 12.0 Å². The van der Waals surface area contributed by atoms with Gasteiger partial charge >= 0.3 is 0 Å². The minimum absolute atomic E-state index is 0.107. The molecular formula is C17H22O2. The average molecular weight is 258 g/mol. The monoisotopic (exact) mass is 258 g/mol. The highest BCUT2D eigenvalue weighted by molar-refractivity contribution is 6.02. The van der Waals surface area contributed by atoms with Gasteiger partial charge in [0.25, 0.3) is 0 Å². The minimum atomic E-state index is 0.107. The number of ketones is 1. The van der Waals surface area contributed by atoms with Crippen LogP contribution in [0.2, 0.25) is 0 Å². The molecule has 1 aromatic carbocycles. The maximum atomic E-state index is 12.7. The molecule has 102 valence electrons. The largest absolute Gasteiger partial charge is 0.490 e. The fourth-order valence-corrected chi connectivity index (χ4v) is 3.59. The first kappa shape index (κ1) is 12.7. The first-order valence-corrected chi connectivity index (χ1v) is 7.48. The molecule has 0 bridgehead atoms. The van der Waals surface area contributed by atoms with Crippen LogP contribution in [0.25, 0.3) is 0 Å². The fraction of sp³-hybridized carbons (Fsp3) is 0.588. The Kier molecular flexibility index (Phi) is 3.34. The van der Waals surface area contributed by atoms with Crippen molar-refractivity contribution in [3.05, 3.63) is 29.8 Å². The molecule has 0 spiro atoms. The number of carbonyl (C=O) groups is 1. The molecule has 2 heteroatoms. The van der Waals surface area contributed by atoms with Gasteiger partial charge in [-0.25, -0.2) is 0 Å². The summed E-state index contributed by atoms with van der Waals surface area (Å²) in [7, 11) is 0. The number of rotatable bonds is 4. The van der Waals surface area contributed by atoms with Gasteiger partial charge in [0, 0.05) is 5.92 Å². The van der Waals surface area contributed by atoms with Crippen molar-refractivity contribution >= 4 is 5.78 Å². The first-order chi connectivity index (χ1) is 9.18. The zero-order chi connectivity index (χ0) is 13.4. The van der Waals surface area contributed by atoms with E-state index in [4.69, 9.17) is 4.74 Å². The Morgan fingerprint density at radius 1 is 1.16 bits per heavy atom. The highest BCUT2D eigenvalue weighted by atomic mass is 16.5. The van der Waals surface area contributed by atoms with Crippen molar-refractivity contribution in [1.29, 1.82) is 0 Å². The van der Waals surface area contributed by atoms with E-state index in [9.17, 15) is 4.79 Å². The van der Waals surface area contributed by atoms with Crippen LogP contribution in [0.15, 0.2) is 24.3 Å². The van der Waals surface area contributed by atoms with Crippen molar-refractivity contribution in [3.63, 3.8) is 0 Å². The van der Waals surface area contributed by atoms with Gasteiger partial charge in [0.05, 0.1) is 11.7 Å². The van der Waals surface area contributed by atoms with Gasteiger partial charge < -0.3 is 4.74 Å². The van der Waals surface area contributed by atoms with E-state index in [1.165, 1.54) is 25.7 Å². The van der Waals surface area contributed by atoms with Crippen LogP contribution in [-0.2, 0) is 0 Å². The summed E-state index contributed by atoms with van der Waals surface area (Å²) < 4.78 is 5.78. The quantitative estimate of drug-likeness (QED) is 0.760. The van der Waals surface area contributed by atoms with Crippen LogP contribution in [0.4, 0.5) is 0 Å². The lowest BCUT2D eigenvalue weighted by molar-refractivity contribution is 0.0950. The Morgan fingerprint density at radius 3 is 2.42 bits per heavy atom. The number of carbonyl (C=O) groups excluding carboxylic acids is 1. The highest BCUT2D eigenvalue weighted by Crippen LogP contribution is 2.56. The van der Waals surface area contributed by atoms with Crippen molar-refractivity contribution in [3.8, 4) is 5.75 Å². The van der Waals surface area contributed by atoms with Crippen LogP contribution in [0.1, 0.15) is 49.9 Å². The molecule has 2 aliphatic rings. The second-order valence-corrected chi connectivity index (χ2v) is 6.16. The first-order valence-electron chi connectivity index (χ1n) is 7.48. The van der Waals surface area contributed by atoms with Crippen molar-refractivity contribution in [2.75, 3.05) is 0 Å². The normalized spacial score (nSPS) is 28.9. The van der Waals surface area contributed by atoms with Crippen LogP contribution in [0, 0.1) is 17.8 Å². The number of hydrogen-bond acceptors (Lipinski definition) is 2. The van der Waals surface area contributed by atoms with Crippen molar-refractivity contribution in [2.45, 2.75) is 45.6 Å². The van der Waals surface area contributed by atoms with Crippen molar-refractivity contribution < 1.29 is 9.53 Å². The van der Waals surface area contributed by atoms with Crippen molar-refractivity contribution in [2.24, 2.45) is 17.8 Å². The summed E-state index contributed by atoms with van der Waals surface area (Å²) in [5, 5.41) is 0. The van der Waals surface area contributed by atoms with Crippen LogP contribution < -0.4 is 4.74 Å². The van der Waals surface area contributed by atoms with E-state index < -0.39 is 0 Å². The van der Waals surface area contributed by atoms with Crippen LogP contribution in [0.5, 0.6) is 5.75 Å². The van der Waals surface area contributed by atoms with E-state index in [2.05, 4.69) is 0 Å². The van der Waals surface area contributed by atoms with Crippen molar-refractivity contribution in [1.82, 2.24) is 0 Å². The van der Waals surface area contributed by atoms with Crippen LogP contribution in [0.3, 0.4) is 0 Å². The summed E-state index contributed by atoms with van der Waals surface area (Å²) in [6.07, 6.45) is 5.20. The molecule has 2 aliphatic carbocycles. The molecule has 0 amide bonds. The summed E-state index contributed by atoms with van der Waals surface area (Å²) in [6, 6.07) is 7.71. The average Bonchev–Trinajstić information content (AvgIpc) is 3.12. The fourth-order valence-electron chi connectivity index (χ4n) is 3.59. The molecule has 0 saturated heterocycles. The molecule has 0 radical (unpaired) electrons. The van der Waals surface area contributed by atoms with E-state index in [0.717, 1.165) is 11.3 Å². The Labute approximate surface area is 115 Å². The lowest BCUT2D eigenvalue weighted by Gasteiger charge is -2.13. The Hall–Kier alpha value is -1.31. The molecule has 0 aliphatic heterocycles. The lowest BCUT2D eigenvalue weighted by atomic mass is 10.0. The molecule has 2 saturated carbocycles. The summed E-state index contributed by atoms with van der Waals surface area (Å²) in [5.41, 5.74) is 0.788. The minimum Gasteiger partial charge on any atom is -0.490 e. The maximum absolute atomic E-state index is 12.7. The zero-order valence-corrected chi connectivity index (χ0v) is 11.8. The second-order valence-electron chi connectivity index (χ2n) is 6.16. The lowest BCUT2D eigenvalue weighted by Crippen LogP contribution is -2.11. The Balaban J connectivity index is 1.80. The molecule has 2 atom stereocenters. The van der Waals surface area contributed by atoms with Crippen LogP contribution in [-0.4, -0.2) is 11.9 Å². The smallest absolute Gasteiger partial charge is 0.170 e. The highest BCUT2D eigenvalue weighted by Gasteiger charge is 2.54.